The summed E-state index contributed by atoms with van der Waals surface area (Å²) in [5.74, 6) is 1.75. The summed E-state index contributed by atoms with van der Waals surface area (Å²) in [7, 11) is 3.26. The topological polar surface area (TPSA) is 80.3 Å². The monoisotopic (exact) mass is 553 g/mol. The summed E-state index contributed by atoms with van der Waals surface area (Å²) >= 11 is 0. The number of rotatable bonds is 15. The van der Waals surface area contributed by atoms with Crippen LogP contribution in [-0.4, -0.2) is 87.3 Å². The summed E-state index contributed by atoms with van der Waals surface area (Å²) in [6.45, 7) is 12.2. The fourth-order valence-corrected chi connectivity index (χ4v) is 5.19. The van der Waals surface area contributed by atoms with Crippen LogP contribution in [0.1, 0.15) is 50.0 Å². The SMILES string of the molecule is COCCCOc1cc(C(=O)N(CC2CNCC2CN(C(=O)Cc2ccccc2)C(C)C)C(C)C)ccc1OC. The number of carbonyl (C=O) groups excluding carboxylic acids is 2. The van der Waals surface area contributed by atoms with Crippen molar-refractivity contribution < 1.29 is 23.8 Å². The van der Waals surface area contributed by atoms with Crippen molar-refractivity contribution in [2.24, 2.45) is 11.8 Å². The highest BCUT2D eigenvalue weighted by atomic mass is 16.5. The molecule has 2 amide bonds. The zero-order chi connectivity index (χ0) is 29.1. The van der Waals surface area contributed by atoms with Gasteiger partial charge in [-0.15, -0.1) is 0 Å². The standard InChI is InChI=1S/C32H47N3O5/c1-23(2)34(31(36)17-25-11-8-7-9-12-25)21-27-19-33-20-28(27)22-35(24(3)4)32(37)26-13-14-29(39-6)30(18-26)40-16-10-15-38-5/h7-9,11-14,18,23-24,27-28,33H,10,15-17,19-22H2,1-6H3. The van der Waals surface area contributed by atoms with Crippen LogP contribution < -0.4 is 14.8 Å². The average molecular weight is 554 g/mol. The van der Waals surface area contributed by atoms with Crippen molar-refractivity contribution >= 4 is 11.8 Å². The number of methoxy groups -OCH3 is 2. The van der Waals surface area contributed by atoms with Crippen LogP contribution in [0.25, 0.3) is 0 Å². The van der Waals surface area contributed by atoms with Gasteiger partial charge in [0.2, 0.25) is 5.91 Å². The zero-order valence-corrected chi connectivity index (χ0v) is 25.0. The molecule has 220 valence electrons. The van der Waals surface area contributed by atoms with Crippen LogP contribution in [0.5, 0.6) is 11.5 Å². The molecule has 1 fully saturated rings. The second-order valence-electron chi connectivity index (χ2n) is 11.1. The molecule has 0 spiro atoms. The molecular weight excluding hydrogens is 506 g/mol. The Balaban J connectivity index is 1.71. The van der Waals surface area contributed by atoms with E-state index in [1.807, 2.05) is 54.0 Å². The van der Waals surface area contributed by atoms with Gasteiger partial charge in [0.05, 0.1) is 20.1 Å². The lowest BCUT2D eigenvalue weighted by molar-refractivity contribution is -0.133. The van der Waals surface area contributed by atoms with Crippen LogP contribution in [0.2, 0.25) is 0 Å². The Labute approximate surface area is 240 Å². The van der Waals surface area contributed by atoms with E-state index in [0.717, 1.165) is 25.1 Å². The van der Waals surface area contributed by atoms with Crippen LogP contribution in [0.15, 0.2) is 48.5 Å². The van der Waals surface area contributed by atoms with Gasteiger partial charge in [0.1, 0.15) is 0 Å². The van der Waals surface area contributed by atoms with E-state index in [1.165, 1.54) is 0 Å². The predicted octanol–water partition coefficient (Wildman–Crippen LogP) is 4.28. The third kappa shape index (κ3) is 8.70. The first kappa shape index (κ1) is 31.4. The van der Waals surface area contributed by atoms with Gasteiger partial charge in [-0.3, -0.25) is 9.59 Å². The Kier molecular flexibility index (Phi) is 12.3. The van der Waals surface area contributed by atoms with Gasteiger partial charge in [-0.2, -0.15) is 0 Å². The van der Waals surface area contributed by atoms with Crippen molar-refractivity contribution in [1.29, 1.82) is 0 Å². The van der Waals surface area contributed by atoms with Crippen LogP contribution in [-0.2, 0) is 16.0 Å². The molecule has 0 aromatic heterocycles. The Morgan fingerprint density at radius 1 is 0.875 bits per heavy atom. The minimum atomic E-state index is -0.0362. The fraction of sp³-hybridized carbons (Fsp3) is 0.562. The zero-order valence-electron chi connectivity index (χ0n) is 25.0. The summed E-state index contributed by atoms with van der Waals surface area (Å²) in [6, 6.07) is 15.4. The van der Waals surface area contributed by atoms with E-state index in [4.69, 9.17) is 14.2 Å². The van der Waals surface area contributed by atoms with Gasteiger partial charge < -0.3 is 29.3 Å². The van der Waals surface area contributed by atoms with Crippen LogP contribution in [0.4, 0.5) is 0 Å². The number of hydrogen-bond acceptors (Lipinski definition) is 6. The Hall–Kier alpha value is -3.10. The van der Waals surface area contributed by atoms with Gasteiger partial charge >= 0.3 is 0 Å². The quantitative estimate of drug-likeness (QED) is 0.332. The molecule has 1 N–H and O–H groups in total. The molecule has 3 rings (SSSR count). The minimum Gasteiger partial charge on any atom is -0.493 e. The molecule has 0 aliphatic carbocycles. The number of nitrogens with zero attached hydrogens (tertiary/aromatic N) is 2. The Bertz CT molecular complexity index is 1080. The highest BCUT2D eigenvalue weighted by Gasteiger charge is 2.34. The first-order valence-electron chi connectivity index (χ1n) is 14.4. The molecule has 8 nitrogen and oxygen atoms in total. The molecule has 40 heavy (non-hydrogen) atoms. The summed E-state index contributed by atoms with van der Waals surface area (Å²) in [5, 5.41) is 3.51. The van der Waals surface area contributed by atoms with Crippen molar-refractivity contribution in [3.8, 4) is 11.5 Å². The Morgan fingerprint density at radius 2 is 1.52 bits per heavy atom. The van der Waals surface area contributed by atoms with Crippen molar-refractivity contribution in [2.75, 3.05) is 53.6 Å². The van der Waals surface area contributed by atoms with Gasteiger partial charge in [0, 0.05) is 64.0 Å². The molecule has 1 aliphatic heterocycles. The smallest absolute Gasteiger partial charge is 0.254 e. The van der Waals surface area contributed by atoms with Crippen molar-refractivity contribution in [3.63, 3.8) is 0 Å². The third-order valence-electron chi connectivity index (χ3n) is 7.53. The molecule has 2 atom stereocenters. The molecule has 1 heterocycles. The molecule has 0 radical (unpaired) electrons. The van der Waals surface area contributed by atoms with E-state index in [1.54, 1.807) is 32.4 Å². The average Bonchev–Trinajstić information content (AvgIpc) is 3.39. The maximum Gasteiger partial charge on any atom is 0.254 e. The molecule has 0 bridgehead atoms. The predicted molar refractivity (Wildman–Crippen MR) is 158 cm³/mol. The van der Waals surface area contributed by atoms with Gasteiger partial charge in [-0.05, 0) is 63.3 Å². The first-order chi connectivity index (χ1) is 19.2. The van der Waals surface area contributed by atoms with E-state index in [9.17, 15) is 9.59 Å². The number of carbonyl (C=O) groups is 2. The maximum absolute atomic E-state index is 13.8. The van der Waals surface area contributed by atoms with Crippen molar-refractivity contribution in [1.82, 2.24) is 15.1 Å². The number of ether oxygens (including phenoxy) is 3. The summed E-state index contributed by atoms with van der Waals surface area (Å²) in [5.41, 5.74) is 1.60. The van der Waals surface area contributed by atoms with E-state index in [2.05, 4.69) is 19.2 Å². The molecule has 2 aromatic carbocycles. The molecule has 8 heteroatoms. The molecule has 1 aliphatic rings. The van der Waals surface area contributed by atoms with E-state index in [0.29, 0.717) is 49.8 Å². The number of amides is 2. The van der Waals surface area contributed by atoms with Gasteiger partial charge in [-0.1, -0.05) is 30.3 Å². The maximum atomic E-state index is 13.8. The van der Waals surface area contributed by atoms with Gasteiger partial charge in [0.25, 0.3) is 5.91 Å². The molecular formula is C32H47N3O5. The first-order valence-corrected chi connectivity index (χ1v) is 14.4. The van der Waals surface area contributed by atoms with Crippen molar-refractivity contribution in [2.45, 2.75) is 52.6 Å². The van der Waals surface area contributed by atoms with E-state index in [-0.39, 0.29) is 35.7 Å². The molecule has 2 aromatic rings. The molecule has 1 saturated heterocycles. The highest BCUT2D eigenvalue weighted by Crippen LogP contribution is 2.30. The lowest BCUT2D eigenvalue weighted by Crippen LogP contribution is -2.46. The number of nitrogens with one attached hydrogen (secondary N) is 1. The second-order valence-corrected chi connectivity index (χ2v) is 11.1. The normalized spacial score (nSPS) is 16.8. The lowest BCUT2D eigenvalue weighted by atomic mass is 9.93. The molecule has 0 saturated carbocycles. The van der Waals surface area contributed by atoms with Gasteiger partial charge in [0.15, 0.2) is 11.5 Å². The van der Waals surface area contributed by atoms with Crippen LogP contribution in [0, 0.1) is 11.8 Å². The van der Waals surface area contributed by atoms with Crippen LogP contribution >= 0.6 is 0 Å². The fourth-order valence-electron chi connectivity index (χ4n) is 5.19. The lowest BCUT2D eigenvalue weighted by Gasteiger charge is -2.35. The summed E-state index contributed by atoms with van der Waals surface area (Å²) in [4.78, 5) is 31.0. The number of benzene rings is 2. The summed E-state index contributed by atoms with van der Waals surface area (Å²) < 4.78 is 16.5. The third-order valence-corrected chi connectivity index (χ3v) is 7.53. The largest absolute Gasteiger partial charge is 0.493 e. The van der Waals surface area contributed by atoms with Crippen LogP contribution in [0.3, 0.4) is 0 Å². The Morgan fingerprint density at radius 3 is 2.12 bits per heavy atom. The van der Waals surface area contributed by atoms with E-state index < -0.39 is 0 Å². The molecule has 2 unspecified atom stereocenters. The second kappa shape index (κ2) is 15.6. The summed E-state index contributed by atoms with van der Waals surface area (Å²) in [6.07, 6.45) is 1.14. The number of hydrogen-bond donors (Lipinski definition) is 1. The van der Waals surface area contributed by atoms with E-state index >= 15 is 0 Å². The minimum absolute atomic E-state index is 0.0165. The van der Waals surface area contributed by atoms with Crippen molar-refractivity contribution in [3.05, 3.63) is 59.7 Å². The van der Waals surface area contributed by atoms with Gasteiger partial charge in [-0.25, -0.2) is 0 Å². The highest BCUT2D eigenvalue weighted by molar-refractivity contribution is 5.95.